The first-order chi connectivity index (χ1) is 19.7. The lowest BCUT2D eigenvalue weighted by molar-refractivity contribution is -0.310. The van der Waals surface area contributed by atoms with Crippen LogP contribution in [0, 0.1) is 0 Å². The van der Waals surface area contributed by atoms with Crippen molar-refractivity contribution in [1.29, 1.82) is 0 Å². The third-order valence-corrected chi connectivity index (χ3v) is 7.33. The predicted octanol–water partition coefficient (Wildman–Crippen LogP) is -5.76. The molecule has 13 atom stereocenters. The lowest BCUT2D eigenvalue weighted by Crippen LogP contribution is -2.60. The van der Waals surface area contributed by atoms with E-state index < -0.39 is 105 Å². The lowest BCUT2D eigenvalue weighted by atomic mass is 9.85. The van der Waals surface area contributed by atoms with E-state index in [0.29, 0.717) is 0 Å². The number of hydrogen-bond acceptors (Lipinski definition) is 17. The highest BCUT2D eigenvalue weighted by Gasteiger charge is 2.47. The van der Waals surface area contributed by atoms with E-state index in [9.17, 15) is 55.9 Å². The highest BCUT2D eigenvalue weighted by atomic mass is 16.7. The highest BCUT2D eigenvalue weighted by Crippen LogP contribution is 2.32. The van der Waals surface area contributed by atoms with Gasteiger partial charge in [0.05, 0.1) is 50.0 Å². The van der Waals surface area contributed by atoms with Gasteiger partial charge in [-0.05, 0) is 6.92 Å². The fourth-order valence-corrected chi connectivity index (χ4v) is 4.97. The zero-order valence-corrected chi connectivity index (χ0v) is 22.9. The molecule has 1 aliphatic carbocycles. The SMILES string of the molecule is COC1=C(N)C[C@](O)(COC2OC(CO)C(O)C(O)C2O)CC1=NC(C(=O)O)C(C)OC1OC(CO)C(O)C(O)C1O. The van der Waals surface area contributed by atoms with Crippen LogP contribution in [0.25, 0.3) is 0 Å². The van der Waals surface area contributed by atoms with Crippen LogP contribution < -0.4 is 5.73 Å². The van der Waals surface area contributed by atoms with Crippen LogP contribution >= 0.6 is 0 Å². The average Bonchev–Trinajstić information content (AvgIpc) is 2.94. The van der Waals surface area contributed by atoms with Crippen LogP contribution in [0.5, 0.6) is 0 Å². The van der Waals surface area contributed by atoms with Gasteiger partial charge in [-0.2, -0.15) is 0 Å². The number of nitrogens with two attached hydrogens (primary N) is 1. The summed E-state index contributed by atoms with van der Waals surface area (Å²) in [5.41, 5.74) is 4.09. The maximum atomic E-state index is 12.2. The van der Waals surface area contributed by atoms with E-state index in [2.05, 4.69) is 4.99 Å². The van der Waals surface area contributed by atoms with Gasteiger partial charge >= 0.3 is 5.97 Å². The van der Waals surface area contributed by atoms with Crippen molar-refractivity contribution >= 4 is 11.7 Å². The molecule has 42 heavy (non-hydrogen) atoms. The van der Waals surface area contributed by atoms with Gasteiger partial charge in [0.2, 0.25) is 0 Å². The molecule has 3 rings (SSSR count). The monoisotopic (exact) mass is 612 g/mol. The van der Waals surface area contributed by atoms with Crippen molar-refractivity contribution in [3.8, 4) is 0 Å². The van der Waals surface area contributed by atoms with Crippen molar-refractivity contribution in [2.75, 3.05) is 26.9 Å². The molecule has 2 fully saturated rings. The zero-order valence-electron chi connectivity index (χ0n) is 22.9. The molecular weight excluding hydrogens is 572 g/mol. The lowest BCUT2D eigenvalue weighted by Gasteiger charge is -2.41. The maximum Gasteiger partial charge on any atom is 0.331 e. The van der Waals surface area contributed by atoms with E-state index >= 15 is 0 Å². The molecule has 2 heterocycles. The fraction of sp³-hybridized carbons (Fsp3) is 0.833. The molecule has 12 unspecified atom stereocenters. The zero-order chi connectivity index (χ0) is 31.5. The van der Waals surface area contributed by atoms with E-state index in [1.54, 1.807) is 0 Å². The summed E-state index contributed by atoms with van der Waals surface area (Å²) in [6.07, 6.45) is -18.0. The number of aliphatic hydroxyl groups is 9. The number of nitrogens with zero attached hydrogens (tertiary/aromatic N) is 1. The van der Waals surface area contributed by atoms with Crippen molar-refractivity contribution in [1.82, 2.24) is 0 Å². The molecule has 2 aliphatic heterocycles. The summed E-state index contributed by atoms with van der Waals surface area (Å²) in [7, 11) is 1.25. The van der Waals surface area contributed by atoms with Gasteiger partial charge in [-0.25, -0.2) is 4.79 Å². The smallest absolute Gasteiger partial charge is 0.331 e. The number of aliphatic hydroxyl groups excluding tert-OH is 8. The second kappa shape index (κ2) is 14.2. The number of methoxy groups -OCH3 is 1. The van der Waals surface area contributed by atoms with E-state index in [4.69, 9.17) is 29.4 Å². The van der Waals surface area contributed by atoms with Gasteiger partial charge in [0, 0.05) is 12.8 Å². The van der Waals surface area contributed by atoms with Crippen molar-refractivity contribution in [2.45, 2.75) is 98.9 Å². The summed E-state index contributed by atoms with van der Waals surface area (Å²) < 4.78 is 26.8. The summed E-state index contributed by atoms with van der Waals surface area (Å²) >= 11 is 0. The Hall–Kier alpha value is -2.04. The Bertz CT molecular complexity index is 994. The van der Waals surface area contributed by atoms with Crippen LogP contribution in [-0.4, -0.2) is 169 Å². The summed E-state index contributed by atoms with van der Waals surface area (Å²) in [5, 5.41) is 100. The predicted molar refractivity (Wildman–Crippen MR) is 135 cm³/mol. The number of aliphatic imine (C=N–C) groups is 1. The Morgan fingerprint density at radius 2 is 1.48 bits per heavy atom. The Morgan fingerprint density at radius 1 is 0.952 bits per heavy atom. The van der Waals surface area contributed by atoms with Gasteiger partial charge in [0.15, 0.2) is 24.4 Å². The molecule has 0 saturated carbocycles. The molecule has 0 aromatic carbocycles. The molecule has 0 amide bonds. The second-order valence-electron chi connectivity index (χ2n) is 10.5. The summed E-state index contributed by atoms with van der Waals surface area (Å²) in [6, 6.07) is -1.71. The van der Waals surface area contributed by atoms with Crippen molar-refractivity contribution in [2.24, 2.45) is 10.7 Å². The van der Waals surface area contributed by atoms with Gasteiger partial charge in [-0.15, -0.1) is 0 Å². The number of carboxylic acids is 1. The molecule has 0 radical (unpaired) electrons. The van der Waals surface area contributed by atoms with Crippen molar-refractivity contribution in [3.05, 3.63) is 11.5 Å². The Morgan fingerprint density at radius 3 is 1.98 bits per heavy atom. The minimum absolute atomic E-state index is 0.0289. The van der Waals surface area contributed by atoms with Crippen molar-refractivity contribution in [3.63, 3.8) is 0 Å². The van der Waals surface area contributed by atoms with Gasteiger partial charge in [0.25, 0.3) is 0 Å². The third-order valence-electron chi connectivity index (χ3n) is 7.33. The van der Waals surface area contributed by atoms with E-state index in [0.717, 1.165) is 0 Å². The van der Waals surface area contributed by atoms with Crippen LogP contribution in [0.2, 0.25) is 0 Å². The largest absolute Gasteiger partial charge is 0.493 e. The highest BCUT2D eigenvalue weighted by molar-refractivity contribution is 6.01. The van der Waals surface area contributed by atoms with Gasteiger partial charge in [-0.3, -0.25) is 4.99 Å². The molecule has 2 saturated heterocycles. The Balaban J connectivity index is 1.80. The fourth-order valence-electron chi connectivity index (χ4n) is 4.97. The average molecular weight is 613 g/mol. The Kier molecular flexibility index (Phi) is 11.6. The quantitative estimate of drug-likeness (QED) is 0.103. The summed E-state index contributed by atoms with van der Waals surface area (Å²) in [6.45, 7) is -0.726. The number of aliphatic carboxylic acids is 1. The van der Waals surface area contributed by atoms with E-state index in [1.165, 1.54) is 14.0 Å². The standard InChI is InChI=1S/C24H40N2O16/c1-8(40-23-19(34)17(32)15(30)12(6-28)42-23)13(21(35)36)26-10-4-24(37,3-9(25)20(10)38-2)7-39-22-18(33)16(31)14(29)11(5-27)41-22/h8,11-19,22-23,27-34,37H,3-7,25H2,1-2H3,(H,35,36)/t8?,11?,12?,13?,14?,15?,16?,17?,18?,19?,22?,23?,24-/m1/s1. The minimum Gasteiger partial charge on any atom is -0.493 e. The van der Waals surface area contributed by atoms with Crippen LogP contribution in [0.4, 0.5) is 0 Å². The molecule has 18 nitrogen and oxygen atoms in total. The van der Waals surface area contributed by atoms with E-state index in [-0.39, 0.29) is 30.0 Å². The third kappa shape index (κ3) is 7.36. The molecule has 3 aliphatic rings. The topological polar surface area (TPSA) is 304 Å². The first kappa shape index (κ1) is 34.5. The van der Waals surface area contributed by atoms with Crippen LogP contribution in [-0.2, 0) is 28.5 Å². The molecule has 0 bridgehead atoms. The molecule has 12 N–H and O–H groups in total. The number of carboxylic acid groups (broad SMARTS) is 1. The number of carbonyl (C=O) groups is 1. The normalized spacial score (nSPS) is 41.9. The van der Waals surface area contributed by atoms with Gasteiger partial charge in [0.1, 0.15) is 48.8 Å². The van der Waals surface area contributed by atoms with Gasteiger partial charge in [-0.1, -0.05) is 0 Å². The first-order valence-electron chi connectivity index (χ1n) is 13.1. The maximum absolute atomic E-state index is 12.2. The number of allylic oxidation sites excluding steroid dienone is 1. The summed E-state index contributed by atoms with van der Waals surface area (Å²) in [5.74, 6) is -1.53. The van der Waals surface area contributed by atoms with Crippen LogP contribution in [0.1, 0.15) is 19.8 Å². The number of hydrogen-bond donors (Lipinski definition) is 11. The number of ether oxygens (including phenoxy) is 5. The minimum atomic E-state index is -1.85. The first-order valence-corrected chi connectivity index (χ1v) is 13.1. The van der Waals surface area contributed by atoms with Crippen LogP contribution in [0.3, 0.4) is 0 Å². The Labute approximate surface area is 239 Å². The molecule has 242 valence electrons. The molecular formula is C24H40N2O16. The molecule has 0 aromatic heterocycles. The van der Waals surface area contributed by atoms with Gasteiger partial charge < -0.3 is 80.5 Å². The number of rotatable bonds is 11. The second-order valence-corrected chi connectivity index (χ2v) is 10.5. The van der Waals surface area contributed by atoms with E-state index in [1.807, 2.05) is 0 Å². The summed E-state index contributed by atoms with van der Waals surface area (Å²) in [4.78, 5) is 16.4. The molecule has 0 spiro atoms. The molecule has 18 heteroatoms. The van der Waals surface area contributed by atoms with Crippen molar-refractivity contribution < 1.29 is 79.5 Å². The molecule has 0 aromatic rings. The van der Waals surface area contributed by atoms with Crippen LogP contribution in [0.15, 0.2) is 16.4 Å².